The van der Waals surface area contributed by atoms with E-state index in [9.17, 15) is 4.79 Å². The summed E-state index contributed by atoms with van der Waals surface area (Å²) in [5.41, 5.74) is 0. The van der Waals surface area contributed by atoms with Gasteiger partial charge >= 0.3 is 6.09 Å². The lowest BCUT2D eigenvalue weighted by Crippen LogP contribution is -2.53. The van der Waals surface area contributed by atoms with Crippen molar-refractivity contribution in [1.29, 1.82) is 0 Å². The van der Waals surface area contributed by atoms with Crippen LogP contribution in [0.4, 0.5) is 4.79 Å². The van der Waals surface area contributed by atoms with E-state index in [-0.39, 0.29) is 12.2 Å². The van der Waals surface area contributed by atoms with Crippen molar-refractivity contribution >= 4 is 6.09 Å². The highest BCUT2D eigenvalue weighted by molar-refractivity contribution is 5.67. The summed E-state index contributed by atoms with van der Waals surface area (Å²) in [4.78, 5) is 16.0. The van der Waals surface area contributed by atoms with Crippen molar-refractivity contribution in [3.8, 4) is 0 Å². The minimum atomic E-state index is -0.150. The summed E-state index contributed by atoms with van der Waals surface area (Å²) in [6, 6.07) is 0.795. The minimum Gasteiger partial charge on any atom is -0.447 e. The van der Waals surface area contributed by atoms with Crippen LogP contribution in [0.3, 0.4) is 0 Å². The third-order valence-corrected chi connectivity index (χ3v) is 3.50. The van der Waals surface area contributed by atoms with Gasteiger partial charge in [-0.2, -0.15) is 0 Å². The van der Waals surface area contributed by atoms with E-state index < -0.39 is 0 Å². The molecule has 0 radical (unpaired) electrons. The van der Waals surface area contributed by atoms with Gasteiger partial charge in [0.25, 0.3) is 0 Å². The molecule has 0 unspecified atom stereocenters. The molecule has 1 amide bonds. The van der Waals surface area contributed by atoms with E-state index in [2.05, 4.69) is 4.90 Å². The lowest BCUT2D eigenvalue weighted by molar-refractivity contribution is 0.0355. The number of amides is 1. The molecule has 0 N–H and O–H groups in total. The molecule has 1 aliphatic heterocycles. The fraction of sp³-hybridized carbons (Fsp3) is 0.917. The van der Waals surface area contributed by atoms with Crippen molar-refractivity contribution in [2.24, 2.45) is 0 Å². The predicted octanol–water partition coefficient (Wildman–Crippen LogP) is 1.70. The summed E-state index contributed by atoms with van der Waals surface area (Å²) in [7, 11) is 0. The third-order valence-electron chi connectivity index (χ3n) is 3.50. The first-order valence-electron chi connectivity index (χ1n) is 6.36. The van der Waals surface area contributed by atoms with E-state index in [0.717, 1.165) is 32.2 Å². The molecule has 1 aliphatic carbocycles. The van der Waals surface area contributed by atoms with Gasteiger partial charge in [-0.3, -0.25) is 4.90 Å². The molecule has 0 atom stereocenters. The van der Waals surface area contributed by atoms with Gasteiger partial charge < -0.3 is 9.64 Å². The Morgan fingerprint density at radius 2 is 1.81 bits per heavy atom. The zero-order chi connectivity index (χ0) is 11.5. The van der Waals surface area contributed by atoms with Crippen LogP contribution in [0.25, 0.3) is 0 Å². The van der Waals surface area contributed by atoms with Crippen LogP contribution in [0.5, 0.6) is 0 Å². The van der Waals surface area contributed by atoms with Crippen molar-refractivity contribution in [2.45, 2.75) is 45.3 Å². The van der Waals surface area contributed by atoms with Crippen molar-refractivity contribution in [1.82, 2.24) is 9.80 Å². The molecule has 0 aromatic carbocycles. The monoisotopic (exact) mass is 226 g/mol. The number of carbonyl (C=O) groups is 1. The van der Waals surface area contributed by atoms with Gasteiger partial charge in [0.2, 0.25) is 0 Å². The summed E-state index contributed by atoms with van der Waals surface area (Å²) in [5.74, 6) is 0. The highest BCUT2D eigenvalue weighted by Gasteiger charge is 2.29. The minimum absolute atomic E-state index is 0.0165. The Bertz CT molecular complexity index is 243. The van der Waals surface area contributed by atoms with Gasteiger partial charge in [0, 0.05) is 32.2 Å². The van der Waals surface area contributed by atoms with Crippen LogP contribution < -0.4 is 0 Å². The SMILES string of the molecule is CC(C)OC(=O)N1CCN(C2CCC2)CC1. The van der Waals surface area contributed by atoms with Crippen molar-refractivity contribution in [2.75, 3.05) is 26.2 Å². The number of carbonyl (C=O) groups excluding carboxylic acids is 1. The van der Waals surface area contributed by atoms with Gasteiger partial charge in [0.1, 0.15) is 0 Å². The smallest absolute Gasteiger partial charge is 0.410 e. The summed E-state index contributed by atoms with van der Waals surface area (Å²) in [6.45, 7) is 7.45. The van der Waals surface area contributed by atoms with E-state index in [1.807, 2.05) is 18.7 Å². The Morgan fingerprint density at radius 1 is 1.19 bits per heavy atom. The first-order valence-corrected chi connectivity index (χ1v) is 6.36. The molecule has 1 saturated carbocycles. The Kier molecular flexibility index (Phi) is 3.69. The van der Waals surface area contributed by atoms with Crippen LogP contribution in [-0.2, 0) is 4.74 Å². The molecule has 1 heterocycles. The number of piperazine rings is 1. The summed E-state index contributed by atoms with van der Waals surface area (Å²) < 4.78 is 5.19. The van der Waals surface area contributed by atoms with Crippen LogP contribution in [0.2, 0.25) is 0 Å². The average molecular weight is 226 g/mol. The first kappa shape index (κ1) is 11.7. The number of rotatable bonds is 2. The van der Waals surface area contributed by atoms with Crippen LogP contribution in [0, 0.1) is 0 Å². The van der Waals surface area contributed by atoms with Gasteiger partial charge in [-0.05, 0) is 26.7 Å². The lowest BCUT2D eigenvalue weighted by Gasteiger charge is -2.42. The van der Waals surface area contributed by atoms with Crippen LogP contribution >= 0.6 is 0 Å². The molecule has 1 saturated heterocycles. The maximum absolute atomic E-state index is 11.7. The van der Waals surface area contributed by atoms with E-state index in [1.54, 1.807) is 0 Å². The molecule has 16 heavy (non-hydrogen) atoms. The largest absolute Gasteiger partial charge is 0.447 e. The molecular formula is C12H22N2O2. The quantitative estimate of drug-likeness (QED) is 0.718. The Morgan fingerprint density at radius 3 is 2.25 bits per heavy atom. The number of nitrogens with zero attached hydrogens (tertiary/aromatic N) is 2. The molecule has 0 aromatic rings. The summed E-state index contributed by atoms with van der Waals surface area (Å²) in [6.07, 6.45) is 3.90. The van der Waals surface area contributed by atoms with Crippen LogP contribution in [-0.4, -0.2) is 54.2 Å². The fourth-order valence-corrected chi connectivity index (χ4v) is 2.30. The molecule has 2 rings (SSSR count). The molecule has 2 fully saturated rings. The average Bonchev–Trinajstić information content (AvgIpc) is 2.15. The third kappa shape index (κ3) is 2.67. The Balaban J connectivity index is 1.73. The normalized spacial score (nSPS) is 23.3. The summed E-state index contributed by atoms with van der Waals surface area (Å²) in [5, 5.41) is 0. The molecule has 4 nitrogen and oxygen atoms in total. The highest BCUT2D eigenvalue weighted by atomic mass is 16.6. The van der Waals surface area contributed by atoms with E-state index >= 15 is 0 Å². The molecule has 0 bridgehead atoms. The lowest BCUT2D eigenvalue weighted by atomic mass is 9.91. The van der Waals surface area contributed by atoms with Gasteiger partial charge in [0.15, 0.2) is 0 Å². The standard InChI is InChI=1S/C12H22N2O2/c1-10(2)16-12(15)14-8-6-13(7-9-14)11-4-3-5-11/h10-11H,3-9H2,1-2H3. The molecule has 0 spiro atoms. The maximum atomic E-state index is 11.7. The zero-order valence-corrected chi connectivity index (χ0v) is 10.3. The van der Waals surface area contributed by atoms with Crippen molar-refractivity contribution in [3.05, 3.63) is 0 Å². The molecular weight excluding hydrogens is 204 g/mol. The maximum Gasteiger partial charge on any atom is 0.410 e. The number of hydrogen-bond donors (Lipinski definition) is 0. The van der Waals surface area contributed by atoms with Gasteiger partial charge in [-0.25, -0.2) is 4.79 Å². The number of hydrogen-bond acceptors (Lipinski definition) is 3. The second kappa shape index (κ2) is 5.04. The first-order chi connectivity index (χ1) is 7.66. The van der Waals surface area contributed by atoms with Crippen molar-refractivity contribution in [3.63, 3.8) is 0 Å². The second-order valence-corrected chi connectivity index (χ2v) is 5.04. The predicted molar refractivity (Wildman–Crippen MR) is 62.4 cm³/mol. The molecule has 0 aromatic heterocycles. The Hall–Kier alpha value is -0.770. The van der Waals surface area contributed by atoms with Gasteiger partial charge in [0.05, 0.1) is 6.10 Å². The van der Waals surface area contributed by atoms with Crippen LogP contribution in [0.15, 0.2) is 0 Å². The summed E-state index contributed by atoms with van der Waals surface area (Å²) >= 11 is 0. The van der Waals surface area contributed by atoms with E-state index in [1.165, 1.54) is 19.3 Å². The van der Waals surface area contributed by atoms with E-state index in [4.69, 9.17) is 4.74 Å². The van der Waals surface area contributed by atoms with Crippen molar-refractivity contribution < 1.29 is 9.53 Å². The molecule has 2 aliphatic rings. The second-order valence-electron chi connectivity index (χ2n) is 5.04. The van der Waals surface area contributed by atoms with Crippen LogP contribution in [0.1, 0.15) is 33.1 Å². The van der Waals surface area contributed by atoms with Gasteiger partial charge in [-0.1, -0.05) is 6.42 Å². The molecule has 4 heteroatoms. The van der Waals surface area contributed by atoms with Gasteiger partial charge in [-0.15, -0.1) is 0 Å². The zero-order valence-electron chi connectivity index (χ0n) is 10.3. The topological polar surface area (TPSA) is 32.8 Å². The van der Waals surface area contributed by atoms with E-state index in [0.29, 0.717) is 0 Å². The number of ether oxygens (including phenoxy) is 1. The highest BCUT2D eigenvalue weighted by Crippen LogP contribution is 2.25. The fourth-order valence-electron chi connectivity index (χ4n) is 2.30. The Labute approximate surface area is 97.5 Å². The molecule has 92 valence electrons.